The molecule has 0 aliphatic carbocycles. The second-order valence-corrected chi connectivity index (χ2v) is 5.10. The minimum Gasteiger partial charge on any atom is -0.508 e. The Kier molecular flexibility index (Phi) is 7.89. The predicted octanol–water partition coefficient (Wildman–Crippen LogP) is 2.18. The number of hydrogen-bond acceptors (Lipinski definition) is 6. The highest BCUT2D eigenvalue weighted by molar-refractivity contribution is 5.87. The molecule has 130 valence electrons. The number of hydrogen-bond donors (Lipinski definition) is 3. The second-order valence-electron chi connectivity index (χ2n) is 5.10. The fraction of sp³-hybridized carbons (Fsp3) is 0.400. The van der Waals surface area contributed by atoms with Crippen molar-refractivity contribution in [2.24, 2.45) is 5.10 Å². The van der Waals surface area contributed by atoms with Crippen LogP contribution < -0.4 is 5.43 Å². The molecule has 1 aromatic rings. The number of nitrogens with one attached hydrogen (secondary N) is 1. The van der Waals surface area contributed by atoms with Crippen molar-refractivity contribution in [3.8, 4) is 5.75 Å². The van der Waals surface area contributed by atoms with Gasteiger partial charge in [0.2, 0.25) is 5.91 Å². The smallest absolute Gasteiger partial charge is 0.303 e. The van der Waals surface area contributed by atoms with Crippen LogP contribution in [0.4, 0.5) is 5.69 Å². The average molecular weight is 337 g/mol. The van der Waals surface area contributed by atoms with Crippen molar-refractivity contribution in [3.63, 3.8) is 0 Å². The van der Waals surface area contributed by atoms with Crippen LogP contribution in [-0.4, -0.2) is 33.2 Å². The molecule has 0 atom stereocenters. The molecule has 1 rings (SSSR count). The number of nitro benzene ring substituents is 1. The Balaban J connectivity index is 2.36. The molecule has 9 heteroatoms. The molecule has 1 amide bonds. The number of amides is 1. The first-order valence-corrected chi connectivity index (χ1v) is 7.41. The lowest BCUT2D eigenvalue weighted by atomic mass is 10.1. The molecule has 0 aromatic heterocycles. The molecule has 0 saturated carbocycles. The summed E-state index contributed by atoms with van der Waals surface area (Å²) in [5, 5.41) is 32.3. The number of aromatic hydroxyl groups is 1. The van der Waals surface area contributed by atoms with Gasteiger partial charge in [-0.05, 0) is 25.0 Å². The highest BCUT2D eigenvalue weighted by Crippen LogP contribution is 2.21. The van der Waals surface area contributed by atoms with E-state index >= 15 is 0 Å². The summed E-state index contributed by atoms with van der Waals surface area (Å²) in [4.78, 5) is 32.1. The molecular weight excluding hydrogens is 318 g/mol. The molecule has 0 unspecified atom stereocenters. The van der Waals surface area contributed by atoms with Gasteiger partial charge in [0.05, 0.1) is 16.7 Å². The van der Waals surface area contributed by atoms with Gasteiger partial charge in [-0.2, -0.15) is 5.10 Å². The number of carbonyl (C=O) groups is 2. The van der Waals surface area contributed by atoms with Crippen molar-refractivity contribution < 1.29 is 24.7 Å². The molecule has 0 spiro atoms. The summed E-state index contributed by atoms with van der Waals surface area (Å²) in [5.41, 5.74) is 2.10. The molecule has 3 N–H and O–H groups in total. The lowest BCUT2D eigenvalue weighted by molar-refractivity contribution is -0.385. The number of carboxylic acids is 1. The first kappa shape index (κ1) is 19.1. The van der Waals surface area contributed by atoms with Gasteiger partial charge in [-0.25, -0.2) is 5.43 Å². The number of benzene rings is 1. The van der Waals surface area contributed by atoms with Crippen molar-refractivity contribution in [1.29, 1.82) is 0 Å². The number of carboxylic acid groups (broad SMARTS) is 1. The maximum Gasteiger partial charge on any atom is 0.303 e. The maximum atomic E-state index is 11.6. The molecule has 0 aliphatic rings. The number of phenolic OH excluding ortho intramolecular Hbond substituents is 1. The SMILES string of the molecule is O=C(O)CCCCCCC(=O)N/N=C/c1cc(O)ccc1[N+](=O)[O-]. The predicted molar refractivity (Wildman–Crippen MR) is 85.8 cm³/mol. The molecule has 0 fully saturated rings. The molecule has 0 heterocycles. The van der Waals surface area contributed by atoms with Crippen LogP contribution in [0.5, 0.6) is 5.75 Å². The van der Waals surface area contributed by atoms with Crippen LogP contribution >= 0.6 is 0 Å². The average Bonchev–Trinajstić information content (AvgIpc) is 2.50. The Morgan fingerprint density at radius 1 is 1.21 bits per heavy atom. The van der Waals surface area contributed by atoms with Crippen LogP contribution in [0.25, 0.3) is 0 Å². The standard InChI is InChI=1S/C15H19N3O6/c19-12-7-8-13(18(23)24)11(9-12)10-16-17-14(20)5-3-1-2-4-6-15(21)22/h7-10,19H,1-6H2,(H,17,20)(H,21,22)/b16-10+. The number of unbranched alkanes of at least 4 members (excludes halogenated alkanes) is 3. The first-order valence-electron chi connectivity index (χ1n) is 7.41. The molecule has 0 saturated heterocycles. The van der Waals surface area contributed by atoms with Gasteiger partial charge >= 0.3 is 5.97 Å². The first-order chi connectivity index (χ1) is 11.4. The van der Waals surface area contributed by atoms with E-state index < -0.39 is 10.9 Å². The zero-order chi connectivity index (χ0) is 17.9. The number of carbonyl (C=O) groups excluding carboxylic acids is 1. The summed E-state index contributed by atoms with van der Waals surface area (Å²) in [6.07, 6.45) is 4.11. The number of nitrogens with zero attached hydrogens (tertiary/aromatic N) is 2. The van der Waals surface area contributed by atoms with Crippen molar-refractivity contribution in [2.75, 3.05) is 0 Å². The number of rotatable bonds is 10. The summed E-state index contributed by atoms with van der Waals surface area (Å²) < 4.78 is 0. The molecule has 0 bridgehead atoms. The van der Waals surface area contributed by atoms with Crippen LogP contribution in [0.3, 0.4) is 0 Å². The Bertz CT molecular complexity index is 630. The number of phenols is 1. The van der Waals surface area contributed by atoms with Gasteiger partial charge in [0.25, 0.3) is 5.69 Å². The number of nitro groups is 1. The third kappa shape index (κ3) is 7.34. The quantitative estimate of drug-likeness (QED) is 0.258. The molecule has 1 aromatic carbocycles. The normalized spacial score (nSPS) is 10.7. The molecule has 0 radical (unpaired) electrons. The van der Waals surface area contributed by atoms with E-state index in [1.54, 1.807) is 0 Å². The van der Waals surface area contributed by atoms with Gasteiger partial charge in [-0.3, -0.25) is 19.7 Å². The highest BCUT2D eigenvalue weighted by Gasteiger charge is 2.12. The Morgan fingerprint density at radius 3 is 2.50 bits per heavy atom. The third-order valence-electron chi connectivity index (χ3n) is 3.15. The monoisotopic (exact) mass is 337 g/mol. The lowest BCUT2D eigenvalue weighted by Gasteiger charge is -2.01. The highest BCUT2D eigenvalue weighted by atomic mass is 16.6. The fourth-order valence-electron chi connectivity index (χ4n) is 1.96. The van der Waals surface area contributed by atoms with E-state index in [2.05, 4.69) is 10.5 Å². The fourth-order valence-corrected chi connectivity index (χ4v) is 1.96. The van der Waals surface area contributed by atoms with Gasteiger partial charge in [0.15, 0.2) is 0 Å². The molecular formula is C15H19N3O6. The van der Waals surface area contributed by atoms with E-state index in [1.165, 1.54) is 12.1 Å². The van der Waals surface area contributed by atoms with E-state index in [4.69, 9.17) is 5.11 Å². The Hall–Kier alpha value is -2.97. The van der Waals surface area contributed by atoms with Crippen molar-refractivity contribution >= 4 is 23.8 Å². The number of aliphatic carboxylic acids is 1. The van der Waals surface area contributed by atoms with Crippen LogP contribution in [-0.2, 0) is 9.59 Å². The van der Waals surface area contributed by atoms with Gasteiger partial charge in [0.1, 0.15) is 5.75 Å². The summed E-state index contributed by atoms with van der Waals surface area (Å²) >= 11 is 0. The zero-order valence-corrected chi connectivity index (χ0v) is 13.0. The van der Waals surface area contributed by atoms with E-state index in [0.717, 1.165) is 25.1 Å². The Labute approximate surface area is 138 Å². The summed E-state index contributed by atoms with van der Waals surface area (Å²) in [5.74, 6) is -1.31. The van der Waals surface area contributed by atoms with Crippen LogP contribution in [0.2, 0.25) is 0 Å². The summed E-state index contributed by atoms with van der Waals surface area (Å²) in [6, 6.07) is 3.52. The maximum absolute atomic E-state index is 11.6. The molecule has 24 heavy (non-hydrogen) atoms. The third-order valence-corrected chi connectivity index (χ3v) is 3.15. The van der Waals surface area contributed by atoms with Crippen molar-refractivity contribution in [3.05, 3.63) is 33.9 Å². The van der Waals surface area contributed by atoms with E-state index in [-0.39, 0.29) is 35.7 Å². The second kappa shape index (κ2) is 9.93. The lowest BCUT2D eigenvalue weighted by Crippen LogP contribution is -2.17. The minimum absolute atomic E-state index is 0.0778. The van der Waals surface area contributed by atoms with Gasteiger partial charge in [0, 0.05) is 18.9 Å². The zero-order valence-electron chi connectivity index (χ0n) is 13.0. The van der Waals surface area contributed by atoms with E-state index in [9.17, 15) is 24.8 Å². The topological polar surface area (TPSA) is 142 Å². The minimum atomic E-state index is -0.830. The molecule has 0 aliphatic heterocycles. The van der Waals surface area contributed by atoms with E-state index in [0.29, 0.717) is 12.8 Å². The van der Waals surface area contributed by atoms with Crippen LogP contribution in [0.15, 0.2) is 23.3 Å². The van der Waals surface area contributed by atoms with Crippen LogP contribution in [0.1, 0.15) is 44.1 Å². The van der Waals surface area contributed by atoms with Crippen LogP contribution in [0, 0.1) is 10.1 Å². The number of hydrazone groups is 1. The van der Waals surface area contributed by atoms with Gasteiger partial charge in [-0.15, -0.1) is 0 Å². The summed E-state index contributed by atoms with van der Waals surface area (Å²) in [7, 11) is 0. The summed E-state index contributed by atoms with van der Waals surface area (Å²) in [6.45, 7) is 0. The van der Waals surface area contributed by atoms with E-state index in [1.807, 2.05) is 0 Å². The van der Waals surface area contributed by atoms with Gasteiger partial charge < -0.3 is 10.2 Å². The van der Waals surface area contributed by atoms with Crippen molar-refractivity contribution in [1.82, 2.24) is 5.43 Å². The van der Waals surface area contributed by atoms with Crippen molar-refractivity contribution in [2.45, 2.75) is 38.5 Å². The molecule has 9 nitrogen and oxygen atoms in total. The largest absolute Gasteiger partial charge is 0.508 e. The van der Waals surface area contributed by atoms with Gasteiger partial charge in [-0.1, -0.05) is 12.8 Å². The Morgan fingerprint density at radius 2 is 1.88 bits per heavy atom.